The lowest BCUT2D eigenvalue weighted by Crippen LogP contribution is -2.41. The van der Waals surface area contributed by atoms with E-state index in [1.165, 1.54) is 12.7 Å². The Kier molecular flexibility index (Phi) is 7.08. The summed E-state index contributed by atoms with van der Waals surface area (Å²) in [6.45, 7) is 2.66. The van der Waals surface area contributed by atoms with Gasteiger partial charge in [0.1, 0.15) is 5.75 Å². The zero-order chi connectivity index (χ0) is 23.3. The molecule has 4 rings (SSSR count). The molecule has 0 bridgehead atoms. The van der Waals surface area contributed by atoms with Crippen molar-refractivity contribution in [2.45, 2.75) is 37.6 Å². The Bertz CT molecular complexity index is 1090. The number of fused-ring (bicyclic) bond motifs is 1. The molecular formula is C26H29N3O3S. The van der Waals surface area contributed by atoms with Crippen molar-refractivity contribution in [3.05, 3.63) is 78.1 Å². The first-order chi connectivity index (χ1) is 16.0. The minimum Gasteiger partial charge on any atom is -0.494 e. The zero-order valence-corrected chi connectivity index (χ0v) is 19.8. The van der Waals surface area contributed by atoms with Gasteiger partial charge in [-0.1, -0.05) is 23.8 Å². The van der Waals surface area contributed by atoms with Gasteiger partial charge in [0.25, 0.3) is 0 Å². The van der Waals surface area contributed by atoms with Crippen molar-refractivity contribution in [3.8, 4) is 5.75 Å². The van der Waals surface area contributed by atoms with Crippen molar-refractivity contribution in [3.63, 3.8) is 0 Å². The summed E-state index contributed by atoms with van der Waals surface area (Å²) in [4.78, 5) is 17.1. The average Bonchev–Trinajstić information content (AvgIpc) is 3.14. The Morgan fingerprint density at radius 1 is 1.09 bits per heavy atom. The standard InChI is InChI=1S/C26H29N3O3S/c1-19-10-12-20(13-11-19)29-23-18-21(32-17-7-3-4-9-25(30)31-2)14-15-22(23)28-26(29,33)24-8-5-6-16-27-24/h5-6,8,10-16,18,28,33H,3-4,7,9,17H2,1-2H3. The summed E-state index contributed by atoms with van der Waals surface area (Å²) in [5.74, 6) is 0.626. The number of hydrogen-bond acceptors (Lipinski definition) is 7. The van der Waals surface area contributed by atoms with E-state index in [-0.39, 0.29) is 5.97 Å². The fourth-order valence-electron chi connectivity index (χ4n) is 3.92. The number of methoxy groups -OCH3 is 1. The summed E-state index contributed by atoms with van der Waals surface area (Å²) >= 11 is 5.09. The molecule has 1 atom stereocenters. The number of unbranched alkanes of at least 4 members (excludes halogenated alkanes) is 2. The predicted octanol–water partition coefficient (Wildman–Crippen LogP) is 5.81. The van der Waals surface area contributed by atoms with Crippen LogP contribution in [0.15, 0.2) is 66.9 Å². The molecule has 3 aromatic rings. The van der Waals surface area contributed by atoms with Crippen LogP contribution in [0.3, 0.4) is 0 Å². The number of aryl methyl sites for hydroxylation is 1. The summed E-state index contributed by atoms with van der Waals surface area (Å²) in [6, 6.07) is 20.2. The van der Waals surface area contributed by atoms with E-state index < -0.39 is 4.99 Å². The molecule has 7 heteroatoms. The van der Waals surface area contributed by atoms with E-state index in [0.29, 0.717) is 13.0 Å². The number of nitrogens with zero attached hydrogens (tertiary/aromatic N) is 2. The molecule has 0 spiro atoms. The van der Waals surface area contributed by atoms with Gasteiger partial charge in [-0.3, -0.25) is 9.78 Å². The molecule has 1 aromatic heterocycles. The number of anilines is 3. The Labute approximate surface area is 200 Å². The monoisotopic (exact) mass is 463 g/mol. The Hall–Kier alpha value is -3.19. The molecule has 0 fully saturated rings. The van der Waals surface area contributed by atoms with Crippen LogP contribution >= 0.6 is 12.6 Å². The Balaban J connectivity index is 1.54. The molecule has 1 aliphatic heterocycles. The van der Waals surface area contributed by atoms with Crippen molar-refractivity contribution in [2.24, 2.45) is 0 Å². The largest absolute Gasteiger partial charge is 0.494 e. The number of carbonyl (C=O) groups is 1. The topological polar surface area (TPSA) is 63.7 Å². The van der Waals surface area contributed by atoms with Crippen molar-refractivity contribution in [1.29, 1.82) is 0 Å². The summed E-state index contributed by atoms with van der Waals surface area (Å²) in [6.07, 6.45) is 4.82. The number of nitrogens with one attached hydrogen (secondary N) is 1. The third-order valence-corrected chi connectivity index (χ3v) is 6.22. The van der Waals surface area contributed by atoms with Crippen LogP contribution < -0.4 is 15.0 Å². The van der Waals surface area contributed by atoms with Crippen molar-refractivity contribution in [1.82, 2.24) is 4.98 Å². The molecule has 1 aliphatic rings. The van der Waals surface area contributed by atoms with Gasteiger partial charge < -0.3 is 19.7 Å². The predicted molar refractivity (Wildman–Crippen MR) is 134 cm³/mol. The molecule has 1 N–H and O–H groups in total. The fraction of sp³-hybridized carbons (Fsp3) is 0.308. The molecule has 172 valence electrons. The van der Waals surface area contributed by atoms with Gasteiger partial charge in [0, 0.05) is 24.4 Å². The molecule has 33 heavy (non-hydrogen) atoms. The third kappa shape index (κ3) is 5.09. The van der Waals surface area contributed by atoms with E-state index in [1.54, 1.807) is 6.20 Å². The smallest absolute Gasteiger partial charge is 0.305 e. The molecule has 0 saturated heterocycles. The van der Waals surface area contributed by atoms with Gasteiger partial charge >= 0.3 is 5.97 Å². The summed E-state index contributed by atoms with van der Waals surface area (Å²) < 4.78 is 10.7. The van der Waals surface area contributed by atoms with Crippen LogP contribution in [0.5, 0.6) is 5.75 Å². The molecule has 1 unspecified atom stereocenters. The lowest BCUT2D eigenvalue weighted by atomic mass is 10.1. The van der Waals surface area contributed by atoms with Crippen LogP contribution in [-0.4, -0.2) is 24.7 Å². The number of thiol groups is 1. The molecule has 0 aliphatic carbocycles. The molecule has 0 amide bonds. The van der Waals surface area contributed by atoms with Gasteiger partial charge in [0.2, 0.25) is 4.99 Å². The molecular weight excluding hydrogens is 434 g/mol. The normalized spacial score (nSPS) is 16.8. The minimum absolute atomic E-state index is 0.165. The maximum Gasteiger partial charge on any atom is 0.305 e. The van der Waals surface area contributed by atoms with Crippen molar-refractivity contribution < 1.29 is 14.3 Å². The summed E-state index contributed by atoms with van der Waals surface area (Å²) in [7, 11) is 1.42. The van der Waals surface area contributed by atoms with E-state index in [2.05, 4.69) is 51.1 Å². The van der Waals surface area contributed by atoms with E-state index >= 15 is 0 Å². The molecule has 2 aromatic carbocycles. The maximum atomic E-state index is 11.2. The van der Waals surface area contributed by atoms with Crippen LogP contribution in [0.2, 0.25) is 0 Å². The fourth-order valence-corrected chi connectivity index (χ4v) is 4.39. The van der Waals surface area contributed by atoms with Gasteiger partial charge in [-0.05, 0) is 62.6 Å². The van der Waals surface area contributed by atoms with E-state index in [0.717, 1.165) is 47.8 Å². The maximum absolute atomic E-state index is 11.2. The van der Waals surface area contributed by atoms with Gasteiger partial charge in [0.15, 0.2) is 0 Å². The highest BCUT2D eigenvalue weighted by molar-refractivity contribution is 7.81. The second-order valence-electron chi connectivity index (χ2n) is 8.10. The first-order valence-electron chi connectivity index (χ1n) is 11.1. The quantitative estimate of drug-likeness (QED) is 0.237. The number of aromatic nitrogens is 1. The highest BCUT2D eigenvalue weighted by Crippen LogP contribution is 2.51. The van der Waals surface area contributed by atoms with Gasteiger partial charge in [-0.15, -0.1) is 12.6 Å². The molecule has 6 nitrogen and oxygen atoms in total. The minimum atomic E-state index is -0.842. The summed E-state index contributed by atoms with van der Waals surface area (Å²) in [5.41, 5.74) is 4.94. The van der Waals surface area contributed by atoms with Crippen LogP contribution in [0, 0.1) is 6.92 Å². The number of rotatable bonds is 9. The average molecular weight is 464 g/mol. The van der Waals surface area contributed by atoms with E-state index in [4.69, 9.17) is 17.4 Å². The highest BCUT2D eigenvalue weighted by Gasteiger charge is 2.44. The van der Waals surface area contributed by atoms with Crippen molar-refractivity contribution in [2.75, 3.05) is 23.9 Å². The van der Waals surface area contributed by atoms with Crippen LogP contribution in [0.1, 0.15) is 36.9 Å². The number of pyridine rings is 1. The number of benzene rings is 2. The van der Waals surface area contributed by atoms with Crippen LogP contribution in [0.4, 0.5) is 17.1 Å². The van der Waals surface area contributed by atoms with E-state index in [1.807, 2.05) is 36.4 Å². The number of carbonyl (C=O) groups excluding carboxylic acids is 1. The number of ether oxygens (including phenoxy) is 2. The first-order valence-corrected chi connectivity index (χ1v) is 11.6. The first kappa shape index (κ1) is 23.0. The molecule has 2 heterocycles. The van der Waals surface area contributed by atoms with Gasteiger partial charge in [-0.2, -0.15) is 0 Å². The summed E-state index contributed by atoms with van der Waals surface area (Å²) in [5, 5.41) is 3.55. The van der Waals surface area contributed by atoms with E-state index in [9.17, 15) is 4.79 Å². The van der Waals surface area contributed by atoms with Crippen molar-refractivity contribution >= 4 is 35.7 Å². The Morgan fingerprint density at radius 2 is 1.91 bits per heavy atom. The SMILES string of the molecule is COC(=O)CCCCCOc1ccc2c(c1)N(c1ccc(C)cc1)C(S)(c1ccccn1)N2. The zero-order valence-electron chi connectivity index (χ0n) is 19.0. The third-order valence-electron chi connectivity index (χ3n) is 5.68. The molecule has 0 saturated carbocycles. The number of esters is 1. The van der Waals surface area contributed by atoms with Gasteiger partial charge in [0.05, 0.1) is 30.8 Å². The second kappa shape index (κ2) is 10.2. The highest BCUT2D eigenvalue weighted by atomic mass is 32.1. The second-order valence-corrected chi connectivity index (χ2v) is 8.74. The number of hydrogen-bond donors (Lipinski definition) is 2. The van der Waals surface area contributed by atoms with Gasteiger partial charge in [-0.25, -0.2) is 0 Å². The lowest BCUT2D eigenvalue weighted by Gasteiger charge is -2.35. The van der Waals surface area contributed by atoms with Crippen LogP contribution in [0.25, 0.3) is 0 Å². The Morgan fingerprint density at radius 3 is 2.64 bits per heavy atom. The van der Waals surface area contributed by atoms with Crippen LogP contribution in [-0.2, 0) is 14.5 Å². The lowest BCUT2D eigenvalue weighted by molar-refractivity contribution is -0.140. The molecule has 0 radical (unpaired) electrons.